The topological polar surface area (TPSA) is 55.1 Å². The van der Waals surface area contributed by atoms with Crippen molar-refractivity contribution in [3.05, 3.63) is 35.9 Å². The van der Waals surface area contributed by atoms with Crippen LogP contribution in [0.4, 0.5) is 0 Å². The standard InChI is InChI=1S/C16H24N2OS/c1-3-7-14(15(17)20)16(19)18-11-10-12(2)13-8-5-4-6-9-13/h4-6,8-9,12,14H,3,7,10-11H2,1-2H3,(H2,17,20)(H,18,19). The van der Waals surface area contributed by atoms with E-state index < -0.39 is 0 Å². The van der Waals surface area contributed by atoms with Gasteiger partial charge in [-0.25, -0.2) is 0 Å². The average Bonchev–Trinajstić information content (AvgIpc) is 2.45. The van der Waals surface area contributed by atoms with E-state index in [1.807, 2.05) is 25.1 Å². The summed E-state index contributed by atoms with van der Waals surface area (Å²) in [4.78, 5) is 12.3. The first-order chi connectivity index (χ1) is 9.56. The molecule has 0 saturated heterocycles. The van der Waals surface area contributed by atoms with Gasteiger partial charge in [0.25, 0.3) is 0 Å². The second-order valence-electron chi connectivity index (χ2n) is 5.14. The maximum absolute atomic E-state index is 12.0. The second kappa shape index (κ2) is 8.69. The Labute approximate surface area is 126 Å². The van der Waals surface area contributed by atoms with Gasteiger partial charge in [0.15, 0.2) is 0 Å². The fourth-order valence-corrected chi connectivity index (χ4v) is 2.40. The minimum Gasteiger partial charge on any atom is -0.393 e. The number of hydrogen-bond donors (Lipinski definition) is 2. The van der Waals surface area contributed by atoms with Gasteiger partial charge in [-0.15, -0.1) is 0 Å². The lowest BCUT2D eigenvalue weighted by Crippen LogP contribution is -2.38. The van der Waals surface area contributed by atoms with Gasteiger partial charge in [-0.3, -0.25) is 4.79 Å². The molecule has 2 atom stereocenters. The third kappa shape index (κ3) is 5.29. The van der Waals surface area contributed by atoms with Crippen LogP contribution in [0.2, 0.25) is 0 Å². The molecule has 0 aliphatic rings. The van der Waals surface area contributed by atoms with Crippen molar-refractivity contribution < 1.29 is 4.79 Å². The van der Waals surface area contributed by atoms with Crippen molar-refractivity contribution in [2.75, 3.05) is 6.54 Å². The Kier molecular flexibility index (Phi) is 7.23. The number of carbonyl (C=O) groups is 1. The molecule has 0 radical (unpaired) electrons. The van der Waals surface area contributed by atoms with Crippen LogP contribution in [-0.2, 0) is 4.79 Å². The smallest absolute Gasteiger partial charge is 0.229 e. The average molecular weight is 292 g/mol. The molecule has 0 aliphatic heterocycles. The Hall–Kier alpha value is -1.42. The lowest BCUT2D eigenvalue weighted by molar-refractivity contribution is -0.123. The number of rotatable bonds is 8. The summed E-state index contributed by atoms with van der Waals surface area (Å²) < 4.78 is 0. The Morgan fingerprint density at radius 3 is 2.50 bits per heavy atom. The Bertz CT molecular complexity index is 433. The van der Waals surface area contributed by atoms with Crippen LogP contribution in [0.15, 0.2) is 30.3 Å². The minimum absolute atomic E-state index is 0.0420. The quantitative estimate of drug-likeness (QED) is 0.724. The predicted molar refractivity (Wildman–Crippen MR) is 87.7 cm³/mol. The van der Waals surface area contributed by atoms with Crippen LogP contribution in [-0.4, -0.2) is 17.4 Å². The number of benzene rings is 1. The maximum atomic E-state index is 12.0. The van der Waals surface area contributed by atoms with E-state index in [-0.39, 0.29) is 11.8 Å². The van der Waals surface area contributed by atoms with Gasteiger partial charge in [0.1, 0.15) is 0 Å². The maximum Gasteiger partial charge on any atom is 0.229 e. The van der Waals surface area contributed by atoms with Gasteiger partial charge >= 0.3 is 0 Å². The summed E-state index contributed by atoms with van der Waals surface area (Å²) in [5.41, 5.74) is 6.91. The number of amides is 1. The molecule has 1 rings (SSSR count). The summed E-state index contributed by atoms with van der Waals surface area (Å²) in [6.07, 6.45) is 2.52. The molecule has 0 saturated carbocycles. The molecule has 110 valence electrons. The first-order valence-electron chi connectivity index (χ1n) is 7.18. The van der Waals surface area contributed by atoms with Crippen molar-refractivity contribution in [2.24, 2.45) is 11.7 Å². The van der Waals surface area contributed by atoms with Crippen LogP contribution in [0.1, 0.15) is 44.6 Å². The first kappa shape index (κ1) is 16.6. The zero-order valence-electron chi connectivity index (χ0n) is 12.3. The molecule has 1 aromatic rings. The molecule has 2 unspecified atom stereocenters. The van der Waals surface area contributed by atoms with Crippen molar-refractivity contribution in [2.45, 2.75) is 39.0 Å². The van der Waals surface area contributed by atoms with Crippen LogP contribution in [0.5, 0.6) is 0 Å². The fraction of sp³-hybridized carbons (Fsp3) is 0.500. The number of thiocarbonyl (C=S) groups is 1. The van der Waals surface area contributed by atoms with Crippen molar-refractivity contribution in [1.29, 1.82) is 0 Å². The van der Waals surface area contributed by atoms with Gasteiger partial charge in [0.05, 0.1) is 10.9 Å². The molecule has 20 heavy (non-hydrogen) atoms. The van der Waals surface area contributed by atoms with Gasteiger partial charge in [-0.05, 0) is 24.3 Å². The van der Waals surface area contributed by atoms with E-state index in [1.165, 1.54) is 5.56 Å². The van der Waals surface area contributed by atoms with Gasteiger partial charge < -0.3 is 11.1 Å². The van der Waals surface area contributed by atoms with Gasteiger partial charge in [0.2, 0.25) is 5.91 Å². The van der Waals surface area contributed by atoms with E-state index in [4.69, 9.17) is 18.0 Å². The lowest BCUT2D eigenvalue weighted by atomic mass is 9.97. The number of nitrogens with one attached hydrogen (secondary N) is 1. The lowest BCUT2D eigenvalue weighted by Gasteiger charge is -2.16. The van der Waals surface area contributed by atoms with E-state index in [2.05, 4.69) is 24.4 Å². The minimum atomic E-state index is -0.331. The second-order valence-corrected chi connectivity index (χ2v) is 5.61. The van der Waals surface area contributed by atoms with Crippen molar-refractivity contribution in [3.8, 4) is 0 Å². The third-order valence-electron chi connectivity index (χ3n) is 3.48. The highest BCUT2D eigenvalue weighted by Gasteiger charge is 2.19. The molecule has 1 aromatic carbocycles. The monoisotopic (exact) mass is 292 g/mol. The van der Waals surface area contributed by atoms with E-state index in [0.29, 0.717) is 17.5 Å². The molecule has 3 nitrogen and oxygen atoms in total. The molecule has 0 heterocycles. The number of hydrogen-bond acceptors (Lipinski definition) is 2. The summed E-state index contributed by atoms with van der Waals surface area (Å²) >= 11 is 4.95. The van der Waals surface area contributed by atoms with Crippen molar-refractivity contribution in [1.82, 2.24) is 5.32 Å². The molecule has 0 aromatic heterocycles. The van der Waals surface area contributed by atoms with Crippen LogP contribution in [0, 0.1) is 5.92 Å². The zero-order valence-corrected chi connectivity index (χ0v) is 13.1. The van der Waals surface area contributed by atoms with Gasteiger partial charge in [0, 0.05) is 6.54 Å². The van der Waals surface area contributed by atoms with Gasteiger partial charge in [-0.1, -0.05) is 62.8 Å². The molecule has 0 aliphatic carbocycles. The van der Waals surface area contributed by atoms with Crippen LogP contribution < -0.4 is 11.1 Å². The predicted octanol–water partition coefficient (Wildman–Crippen LogP) is 3.00. The number of carbonyl (C=O) groups excluding carboxylic acids is 1. The first-order valence-corrected chi connectivity index (χ1v) is 7.59. The summed E-state index contributed by atoms with van der Waals surface area (Å²) in [6.45, 7) is 4.84. The highest BCUT2D eigenvalue weighted by molar-refractivity contribution is 7.80. The summed E-state index contributed by atoms with van der Waals surface area (Å²) in [6, 6.07) is 10.3. The highest BCUT2D eigenvalue weighted by Crippen LogP contribution is 2.17. The van der Waals surface area contributed by atoms with E-state index in [9.17, 15) is 4.79 Å². The van der Waals surface area contributed by atoms with Gasteiger partial charge in [-0.2, -0.15) is 0 Å². The molecular formula is C16H24N2OS. The van der Waals surface area contributed by atoms with Crippen molar-refractivity contribution >= 4 is 23.1 Å². The molecule has 1 amide bonds. The van der Waals surface area contributed by atoms with Crippen molar-refractivity contribution in [3.63, 3.8) is 0 Å². The highest BCUT2D eigenvalue weighted by atomic mass is 32.1. The number of nitrogens with two attached hydrogens (primary N) is 1. The largest absolute Gasteiger partial charge is 0.393 e. The molecular weight excluding hydrogens is 268 g/mol. The molecule has 0 spiro atoms. The molecule has 3 N–H and O–H groups in total. The van der Waals surface area contributed by atoms with Crippen LogP contribution in [0.3, 0.4) is 0 Å². The third-order valence-corrected chi connectivity index (χ3v) is 3.77. The Balaban J connectivity index is 2.39. The SMILES string of the molecule is CCCC(C(=O)NCCC(C)c1ccccc1)C(N)=S. The fourth-order valence-electron chi connectivity index (χ4n) is 2.17. The molecule has 0 fully saturated rings. The van der Waals surface area contributed by atoms with E-state index >= 15 is 0 Å². The Morgan fingerprint density at radius 2 is 1.95 bits per heavy atom. The van der Waals surface area contributed by atoms with Crippen LogP contribution in [0.25, 0.3) is 0 Å². The Morgan fingerprint density at radius 1 is 1.30 bits per heavy atom. The molecule has 4 heteroatoms. The summed E-state index contributed by atoms with van der Waals surface area (Å²) in [5.74, 6) is 0.0487. The summed E-state index contributed by atoms with van der Waals surface area (Å²) in [7, 11) is 0. The van der Waals surface area contributed by atoms with Crippen LogP contribution >= 0.6 is 12.2 Å². The van der Waals surface area contributed by atoms with E-state index in [1.54, 1.807) is 0 Å². The van der Waals surface area contributed by atoms with E-state index in [0.717, 1.165) is 19.3 Å². The zero-order chi connectivity index (χ0) is 15.0. The molecule has 0 bridgehead atoms. The normalized spacial score (nSPS) is 13.5. The summed E-state index contributed by atoms with van der Waals surface area (Å²) in [5, 5.41) is 2.94.